The molecule has 0 saturated carbocycles. The lowest BCUT2D eigenvalue weighted by atomic mass is 9.85. The third-order valence-electron chi connectivity index (χ3n) is 16.2. The minimum atomic E-state index is 1.08. The summed E-state index contributed by atoms with van der Waals surface area (Å²) in [6.07, 6.45) is 0. The molecule has 2 nitrogen and oxygen atoms in total. The van der Waals surface area contributed by atoms with Gasteiger partial charge in [-0.2, -0.15) is 0 Å². The van der Waals surface area contributed by atoms with Crippen LogP contribution in [0.2, 0.25) is 0 Å². The first-order valence-electron chi connectivity index (χ1n) is 27.3. The number of benzene rings is 14. The van der Waals surface area contributed by atoms with Crippen molar-refractivity contribution in [1.29, 1.82) is 0 Å². The van der Waals surface area contributed by atoms with Gasteiger partial charge in [-0.25, -0.2) is 0 Å². The Balaban J connectivity index is 0.836. The first kappa shape index (κ1) is 46.1. The number of rotatable bonds is 9. The zero-order valence-electron chi connectivity index (χ0n) is 43.7. The second-order valence-electron chi connectivity index (χ2n) is 20.9. The van der Waals surface area contributed by atoms with Crippen molar-refractivity contribution in [2.75, 3.05) is 4.90 Å². The summed E-state index contributed by atoms with van der Waals surface area (Å²) in [5, 5.41) is 12.4. The predicted molar refractivity (Wildman–Crippen MR) is 337 cm³/mol. The molecule has 0 amide bonds. The molecule has 79 heavy (non-hydrogen) atoms. The van der Waals surface area contributed by atoms with Crippen LogP contribution in [-0.4, -0.2) is 4.57 Å². The highest BCUT2D eigenvalue weighted by Crippen LogP contribution is 2.46. The summed E-state index contributed by atoms with van der Waals surface area (Å²) in [6.45, 7) is 2.27. The fourth-order valence-electron chi connectivity index (χ4n) is 12.5. The van der Waals surface area contributed by atoms with Gasteiger partial charge in [0.1, 0.15) is 0 Å². The van der Waals surface area contributed by atoms with Crippen LogP contribution in [0.5, 0.6) is 0 Å². The van der Waals surface area contributed by atoms with Gasteiger partial charge in [0.15, 0.2) is 0 Å². The molecule has 0 radical (unpaired) electrons. The smallest absolute Gasteiger partial charge is 0.0570 e. The van der Waals surface area contributed by atoms with E-state index in [1.165, 1.54) is 121 Å². The van der Waals surface area contributed by atoms with Crippen molar-refractivity contribution in [2.45, 2.75) is 6.92 Å². The van der Waals surface area contributed by atoms with Crippen LogP contribution in [-0.2, 0) is 0 Å². The monoisotopic (exact) mass is 1000 g/mol. The number of hydrogen-bond acceptors (Lipinski definition) is 1. The van der Waals surface area contributed by atoms with Crippen molar-refractivity contribution < 1.29 is 0 Å². The van der Waals surface area contributed by atoms with E-state index >= 15 is 0 Å². The van der Waals surface area contributed by atoms with Gasteiger partial charge in [0.05, 0.1) is 11.0 Å². The predicted octanol–water partition coefficient (Wildman–Crippen LogP) is 21.5. The van der Waals surface area contributed by atoms with Crippen molar-refractivity contribution in [3.63, 3.8) is 0 Å². The first-order valence-corrected chi connectivity index (χ1v) is 27.3. The Hall–Kier alpha value is -10.3. The van der Waals surface area contributed by atoms with Crippen LogP contribution in [0.4, 0.5) is 17.1 Å². The number of aromatic nitrogens is 1. The van der Waals surface area contributed by atoms with Gasteiger partial charge < -0.3 is 9.47 Å². The van der Waals surface area contributed by atoms with Crippen LogP contribution >= 0.6 is 0 Å². The highest BCUT2D eigenvalue weighted by atomic mass is 15.1. The summed E-state index contributed by atoms with van der Waals surface area (Å²) in [6, 6.07) is 109. The lowest BCUT2D eigenvalue weighted by molar-refractivity contribution is 1.16. The Labute approximate surface area is 460 Å². The van der Waals surface area contributed by atoms with E-state index in [0.29, 0.717) is 0 Å². The SMILES string of the molecule is Cc1cc(-c2ccc3ccccc3c2)cc2c3cc(-c4ccc5ccccc5c4)ccc3n(-c3ccc(N(c4ccccc4)c4ccc(-c5ccc6c(-c7ccccc7)c7ccccc7c(-c7ccccc7)c6c5)cc4)cc3)c12. The summed E-state index contributed by atoms with van der Waals surface area (Å²) in [5.41, 5.74) is 20.1. The Morgan fingerprint density at radius 1 is 0.253 bits per heavy atom. The molecule has 0 aliphatic carbocycles. The molecule has 0 saturated heterocycles. The Bertz CT molecular complexity index is 4810. The molecule has 0 spiro atoms. The van der Waals surface area contributed by atoms with E-state index in [2.05, 4.69) is 314 Å². The zero-order valence-corrected chi connectivity index (χ0v) is 43.7. The molecule has 0 bridgehead atoms. The highest BCUT2D eigenvalue weighted by Gasteiger charge is 2.21. The molecule has 0 atom stereocenters. The second kappa shape index (κ2) is 19.1. The molecule has 0 N–H and O–H groups in total. The molecule has 1 aromatic heterocycles. The van der Waals surface area contributed by atoms with Crippen LogP contribution in [0.15, 0.2) is 297 Å². The van der Waals surface area contributed by atoms with Gasteiger partial charge >= 0.3 is 0 Å². The third kappa shape index (κ3) is 8.04. The van der Waals surface area contributed by atoms with Gasteiger partial charge in [0.2, 0.25) is 0 Å². The minimum Gasteiger partial charge on any atom is -0.311 e. The van der Waals surface area contributed by atoms with Crippen LogP contribution in [0.1, 0.15) is 5.56 Å². The second-order valence-corrected chi connectivity index (χ2v) is 20.9. The zero-order chi connectivity index (χ0) is 52.4. The maximum atomic E-state index is 2.47. The van der Waals surface area contributed by atoms with Gasteiger partial charge in [0, 0.05) is 33.5 Å². The van der Waals surface area contributed by atoms with Gasteiger partial charge in [-0.15, -0.1) is 0 Å². The normalized spacial score (nSPS) is 11.6. The lowest BCUT2D eigenvalue weighted by Gasteiger charge is -2.26. The fraction of sp³-hybridized carbons (Fsp3) is 0.0130. The number of aryl methyl sites for hydroxylation is 1. The molecule has 2 heteroatoms. The van der Waals surface area contributed by atoms with E-state index in [4.69, 9.17) is 0 Å². The average Bonchev–Trinajstić information content (AvgIpc) is 4.06. The van der Waals surface area contributed by atoms with Crippen molar-refractivity contribution in [3.8, 4) is 61.3 Å². The maximum Gasteiger partial charge on any atom is 0.0570 e. The molecule has 0 aliphatic heterocycles. The summed E-state index contributed by atoms with van der Waals surface area (Å²) < 4.78 is 2.47. The molecule has 0 aliphatic rings. The molecule has 14 aromatic carbocycles. The summed E-state index contributed by atoms with van der Waals surface area (Å²) in [7, 11) is 0. The molecular formula is C77H52N2. The van der Waals surface area contributed by atoms with Crippen LogP contribution in [0.3, 0.4) is 0 Å². The van der Waals surface area contributed by atoms with E-state index in [9.17, 15) is 0 Å². The van der Waals surface area contributed by atoms with Crippen molar-refractivity contribution in [2.24, 2.45) is 0 Å². The van der Waals surface area contributed by atoms with Crippen LogP contribution in [0, 0.1) is 6.92 Å². The lowest BCUT2D eigenvalue weighted by Crippen LogP contribution is -2.10. The van der Waals surface area contributed by atoms with Crippen molar-refractivity contribution in [1.82, 2.24) is 4.57 Å². The van der Waals surface area contributed by atoms with Crippen LogP contribution < -0.4 is 4.90 Å². The van der Waals surface area contributed by atoms with E-state index in [1.807, 2.05) is 0 Å². The molecule has 370 valence electrons. The van der Waals surface area contributed by atoms with Gasteiger partial charge in [0.25, 0.3) is 0 Å². The van der Waals surface area contributed by atoms with E-state index in [0.717, 1.165) is 28.3 Å². The van der Waals surface area contributed by atoms with Crippen molar-refractivity contribution >= 4 is 82.0 Å². The standard InChI is InChI=1S/C77H52N2/c1-51-45-63(60-32-30-53-18-12-14-24-58(53)47-60)50-73-71-48-62(59-31-29-52-17-11-13-23-57(52)46-59)36-44-74(71)79(77(51)73)67-41-39-66(40-42-67)78(64-25-9-4-10-26-64)65-37-33-54(34-38-65)61-35-43-70-72(49-61)76(56-21-7-3-8-22-56)69-28-16-15-27-68(69)75(70)55-19-5-2-6-20-55/h2-50H,1H3. The summed E-state index contributed by atoms with van der Waals surface area (Å²) in [5.74, 6) is 0. The Kier molecular flexibility index (Phi) is 11.1. The molecular weight excluding hydrogens is 953 g/mol. The molecule has 0 fully saturated rings. The molecule has 15 aromatic rings. The number of nitrogens with zero attached hydrogens (tertiary/aromatic N) is 2. The molecule has 15 rings (SSSR count). The van der Waals surface area contributed by atoms with E-state index in [1.54, 1.807) is 0 Å². The highest BCUT2D eigenvalue weighted by molar-refractivity contribution is 6.22. The quantitative estimate of drug-likeness (QED) is 0.131. The maximum absolute atomic E-state index is 2.47. The minimum absolute atomic E-state index is 1.08. The summed E-state index contributed by atoms with van der Waals surface area (Å²) >= 11 is 0. The third-order valence-corrected chi connectivity index (χ3v) is 16.2. The number of hydrogen-bond donors (Lipinski definition) is 0. The topological polar surface area (TPSA) is 8.17 Å². The van der Waals surface area contributed by atoms with Crippen LogP contribution in [0.25, 0.3) is 126 Å². The Morgan fingerprint density at radius 3 is 1.29 bits per heavy atom. The number of fused-ring (bicyclic) bond motifs is 7. The van der Waals surface area contributed by atoms with Crippen molar-refractivity contribution in [3.05, 3.63) is 303 Å². The number of para-hydroxylation sites is 1. The average molecular weight is 1010 g/mol. The Morgan fingerprint density at radius 2 is 0.671 bits per heavy atom. The summed E-state index contributed by atoms with van der Waals surface area (Å²) in [4.78, 5) is 2.36. The van der Waals surface area contributed by atoms with E-state index < -0.39 is 0 Å². The fourth-order valence-corrected chi connectivity index (χ4v) is 12.5. The molecule has 0 unspecified atom stereocenters. The first-order chi connectivity index (χ1) is 39.1. The number of anilines is 3. The molecule has 1 heterocycles. The van der Waals surface area contributed by atoms with Gasteiger partial charge in [-0.1, -0.05) is 206 Å². The van der Waals surface area contributed by atoms with Gasteiger partial charge in [-0.3, -0.25) is 0 Å². The van der Waals surface area contributed by atoms with E-state index in [-0.39, 0.29) is 0 Å². The van der Waals surface area contributed by atoms with Gasteiger partial charge in [-0.05, 0) is 202 Å². The largest absolute Gasteiger partial charge is 0.311 e.